The molecule has 0 radical (unpaired) electrons. The zero-order valence-corrected chi connectivity index (χ0v) is 17.5. The van der Waals surface area contributed by atoms with Crippen molar-refractivity contribution in [3.8, 4) is 0 Å². The Labute approximate surface area is 176 Å². The number of nitrogens with two attached hydrogens (primary N) is 1. The average Bonchev–Trinajstić information content (AvgIpc) is 3.00. The number of likely N-dealkylation sites (tertiary alicyclic amines) is 1. The molecule has 7 heteroatoms. The molecule has 1 aromatic heterocycles. The monoisotopic (exact) mass is 410 g/mol. The first kappa shape index (κ1) is 19.5. The van der Waals surface area contributed by atoms with Crippen LogP contribution in [0.5, 0.6) is 0 Å². The number of nitrogens with zero attached hydrogens (tertiary/aromatic N) is 2. The summed E-state index contributed by atoms with van der Waals surface area (Å²) in [6, 6.07) is 3.85. The van der Waals surface area contributed by atoms with E-state index < -0.39 is 5.41 Å². The number of primary amides is 1. The minimum atomic E-state index is -1.02. The van der Waals surface area contributed by atoms with Crippen LogP contribution in [0, 0.1) is 28.6 Å². The van der Waals surface area contributed by atoms with Crippen molar-refractivity contribution < 1.29 is 14.4 Å². The van der Waals surface area contributed by atoms with Crippen molar-refractivity contribution in [3.63, 3.8) is 0 Å². The van der Waals surface area contributed by atoms with E-state index in [0.29, 0.717) is 37.3 Å². The molecule has 3 unspecified atom stereocenters. The Balaban J connectivity index is 1.28. The van der Waals surface area contributed by atoms with E-state index in [-0.39, 0.29) is 29.2 Å². The van der Waals surface area contributed by atoms with Crippen molar-refractivity contribution in [1.29, 1.82) is 0 Å². The number of hydrogen-bond acceptors (Lipinski definition) is 4. The molecule has 1 aromatic rings. The van der Waals surface area contributed by atoms with Crippen molar-refractivity contribution in [1.82, 2.24) is 15.2 Å². The summed E-state index contributed by atoms with van der Waals surface area (Å²) in [6.07, 6.45) is 8.53. The lowest BCUT2D eigenvalue weighted by atomic mass is 9.47. The van der Waals surface area contributed by atoms with Gasteiger partial charge < -0.3 is 16.0 Å². The number of pyridine rings is 1. The van der Waals surface area contributed by atoms with Crippen molar-refractivity contribution in [2.75, 3.05) is 6.54 Å². The van der Waals surface area contributed by atoms with Gasteiger partial charge >= 0.3 is 0 Å². The number of amides is 3. The van der Waals surface area contributed by atoms with Crippen LogP contribution < -0.4 is 11.1 Å². The van der Waals surface area contributed by atoms with Gasteiger partial charge in [0.2, 0.25) is 17.7 Å². The number of carbonyl (C=O) groups excluding carboxylic acids is 3. The van der Waals surface area contributed by atoms with E-state index in [0.717, 1.165) is 37.7 Å². The normalized spacial score (nSPS) is 39.4. The fourth-order valence-corrected chi connectivity index (χ4v) is 6.86. The molecule has 1 saturated heterocycles. The molecule has 3 atom stereocenters. The Morgan fingerprint density at radius 1 is 1.20 bits per heavy atom. The van der Waals surface area contributed by atoms with Crippen LogP contribution in [0.1, 0.15) is 51.0 Å². The van der Waals surface area contributed by atoms with Crippen LogP contribution in [0.25, 0.3) is 0 Å². The summed E-state index contributed by atoms with van der Waals surface area (Å²) in [7, 11) is 0. The molecule has 3 amide bonds. The summed E-state index contributed by atoms with van der Waals surface area (Å²) >= 11 is 0. The summed E-state index contributed by atoms with van der Waals surface area (Å²) in [5.74, 6) is 0.699. The molecule has 7 nitrogen and oxygen atoms in total. The summed E-state index contributed by atoms with van der Waals surface area (Å²) < 4.78 is 0. The Kier molecular flexibility index (Phi) is 4.42. The minimum Gasteiger partial charge on any atom is -0.369 e. The van der Waals surface area contributed by atoms with Crippen molar-refractivity contribution in [3.05, 3.63) is 30.1 Å². The van der Waals surface area contributed by atoms with Crippen LogP contribution in [-0.4, -0.2) is 40.2 Å². The smallest absolute Gasteiger partial charge is 0.238 e. The molecule has 5 aliphatic rings. The Hall–Kier alpha value is -2.44. The minimum absolute atomic E-state index is 0.0559. The highest BCUT2D eigenvalue weighted by atomic mass is 16.2. The third-order valence-corrected chi connectivity index (χ3v) is 8.36. The quantitative estimate of drug-likeness (QED) is 0.720. The largest absolute Gasteiger partial charge is 0.369 e. The Morgan fingerprint density at radius 2 is 1.87 bits per heavy atom. The lowest BCUT2D eigenvalue weighted by Gasteiger charge is -2.59. The van der Waals surface area contributed by atoms with E-state index in [1.54, 1.807) is 24.2 Å². The molecule has 160 valence electrons. The van der Waals surface area contributed by atoms with Crippen LogP contribution in [0.4, 0.5) is 0 Å². The van der Waals surface area contributed by atoms with Crippen molar-refractivity contribution in [2.24, 2.45) is 34.3 Å². The molecule has 30 heavy (non-hydrogen) atoms. The second-order valence-electron chi connectivity index (χ2n) is 10.3. The highest BCUT2D eigenvalue weighted by Gasteiger charge is 2.59. The zero-order chi connectivity index (χ0) is 21.1. The van der Waals surface area contributed by atoms with Crippen LogP contribution in [-0.2, 0) is 20.9 Å². The first-order chi connectivity index (χ1) is 14.3. The van der Waals surface area contributed by atoms with Gasteiger partial charge in [0, 0.05) is 36.9 Å². The molecule has 5 fully saturated rings. The summed E-state index contributed by atoms with van der Waals surface area (Å²) in [4.78, 5) is 44.4. The van der Waals surface area contributed by atoms with Gasteiger partial charge in [-0.2, -0.15) is 0 Å². The number of hydrogen-bond donors (Lipinski definition) is 2. The number of carbonyl (C=O) groups is 3. The Morgan fingerprint density at radius 3 is 2.50 bits per heavy atom. The highest BCUT2D eigenvalue weighted by molar-refractivity contribution is 6.06. The second-order valence-corrected chi connectivity index (χ2v) is 10.3. The van der Waals surface area contributed by atoms with Gasteiger partial charge in [0.25, 0.3) is 0 Å². The third kappa shape index (κ3) is 2.93. The first-order valence-electron chi connectivity index (χ1n) is 11.1. The van der Waals surface area contributed by atoms with Crippen LogP contribution in [0.15, 0.2) is 24.5 Å². The lowest BCUT2D eigenvalue weighted by molar-refractivity contribution is -0.151. The highest BCUT2D eigenvalue weighted by Crippen LogP contribution is 2.60. The number of nitrogens with one attached hydrogen (secondary N) is 1. The second kappa shape index (κ2) is 6.79. The van der Waals surface area contributed by atoms with Gasteiger partial charge in [-0.15, -0.1) is 0 Å². The van der Waals surface area contributed by atoms with E-state index in [9.17, 15) is 14.4 Å². The van der Waals surface area contributed by atoms with Gasteiger partial charge in [0.15, 0.2) is 0 Å². The van der Waals surface area contributed by atoms with Crippen LogP contribution in [0.2, 0.25) is 0 Å². The lowest BCUT2D eigenvalue weighted by Crippen LogP contribution is -2.63. The SMILES string of the molecule is CC1(C(=O)NC2C3CC4CC2CC(C(N)=O)(C4)C3)CCN(Cc2ccncc2)C1=O. The molecule has 3 N–H and O–H groups in total. The number of aromatic nitrogens is 1. The van der Waals surface area contributed by atoms with Gasteiger partial charge in [0.1, 0.15) is 5.41 Å². The predicted octanol–water partition coefficient (Wildman–Crippen LogP) is 1.62. The predicted molar refractivity (Wildman–Crippen MR) is 109 cm³/mol. The van der Waals surface area contributed by atoms with Gasteiger partial charge in [-0.1, -0.05) is 0 Å². The van der Waals surface area contributed by atoms with Crippen LogP contribution >= 0.6 is 0 Å². The molecular formula is C23H30N4O3. The fourth-order valence-electron chi connectivity index (χ4n) is 6.86. The van der Waals surface area contributed by atoms with Gasteiger partial charge in [-0.25, -0.2) is 0 Å². The topological polar surface area (TPSA) is 105 Å². The first-order valence-corrected chi connectivity index (χ1v) is 11.1. The maximum absolute atomic E-state index is 13.3. The molecular weight excluding hydrogens is 380 g/mol. The molecule has 6 rings (SSSR count). The van der Waals surface area contributed by atoms with Crippen molar-refractivity contribution in [2.45, 2.75) is 58.0 Å². The standard InChI is InChI=1S/C23H30N4O3/c1-22(4-7-27(21(22)30)13-14-2-5-25-6-3-14)20(29)26-18-16-8-15-9-17(18)12-23(10-15,11-16)19(24)28/h2-3,5-6,15-18H,4,7-13H2,1H3,(H2,24,28)(H,26,29). The molecule has 0 spiro atoms. The van der Waals surface area contributed by atoms with E-state index in [1.807, 2.05) is 12.1 Å². The Bertz CT molecular complexity index is 872. The number of rotatable bonds is 5. The fraction of sp³-hybridized carbons (Fsp3) is 0.652. The van der Waals surface area contributed by atoms with Crippen LogP contribution in [0.3, 0.4) is 0 Å². The van der Waals surface area contributed by atoms with E-state index in [4.69, 9.17) is 5.73 Å². The molecule has 0 aromatic carbocycles. The van der Waals surface area contributed by atoms with E-state index >= 15 is 0 Å². The molecule has 1 aliphatic heterocycles. The van der Waals surface area contributed by atoms with E-state index in [2.05, 4.69) is 10.3 Å². The summed E-state index contributed by atoms with van der Waals surface area (Å²) in [5.41, 5.74) is 5.40. The third-order valence-electron chi connectivity index (χ3n) is 8.36. The van der Waals surface area contributed by atoms with Crippen molar-refractivity contribution >= 4 is 17.7 Å². The summed E-state index contributed by atoms with van der Waals surface area (Å²) in [6.45, 7) is 2.86. The van der Waals surface area contributed by atoms with Gasteiger partial charge in [-0.05, 0) is 80.9 Å². The van der Waals surface area contributed by atoms with Gasteiger partial charge in [0.05, 0.1) is 0 Å². The molecule has 4 bridgehead atoms. The average molecular weight is 411 g/mol. The maximum atomic E-state index is 13.3. The molecule has 4 saturated carbocycles. The maximum Gasteiger partial charge on any atom is 0.238 e. The van der Waals surface area contributed by atoms with Gasteiger partial charge in [-0.3, -0.25) is 19.4 Å². The van der Waals surface area contributed by atoms with E-state index in [1.165, 1.54) is 0 Å². The summed E-state index contributed by atoms with van der Waals surface area (Å²) in [5, 5.41) is 3.27. The molecule has 4 aliphatic carbocycles. The zero-order valence-electron chi connectivity index (χ0n) is 17.5. The molecule has 2 heterocycles.